The summed E-state index contributed by atoms with van der Waals surface area (Å²) in [6.45, 7) is 2.16. The molecular weight excluding hydrogens is 368 g/mol. The highest BCUT2D eigenvalue weighted by Gasteiger charge is 2.16. The summed E-state index contributed by atoms with van der Waals surface area (Å²) in [7, 11) is 0. The number of fused-ring (bicyclic) bond motifs is 1. The zero-order chi connectivity index (χ0) is 20.5. The molecule has 0 amide bonds. The van der Waals surface area contributed by atoms with Gasteiger partial charge in [-0.2, -0.15) is 0 Å². The molecule has 29 heavy (non-hydrogen) atoms. The molecule has 2 unspecified atom stereocenters. The quantitative estimate of drug-likeness (QED) is 0.434. The van der Waals surface area contributed by atoms with Crippen LogP contribution in [0.25, 0.3) is 10.9 Å². The minimum Gasteiger partial charge on any atom is -0.395 e. The van der Waals surface area contributed by atoms with Gasteiger partial charge in [-0.15, -0.1) is 0 Å². The van der Waals surface area contributed by atoms with Gasteiger partial charge in [0.05, 0.1) is 32.0 Å². The van der Waals surface area contributed by atoms with Crippen molar-refractivity contribution in [3.8, 4) is 0 Å². The van der Waals surface area contributed by atoms with Crippen LogP contribution in [-0.2, 0) is 17.9 Å². The highest BCUT2D eigenvalue weighted by atomic mass is 16.5. The Morgan fingerprint density at radius 1 is 0.897 bits per heavy atom. The van der Waals surface area contributed by atoms with E-state index >= 15 is 0 Å². The van der Waals surface area contributed by atoms with E-state index < -0.39 is 12.2 Å². The molecule has 0 aliphatic carbocycles. The summed E-state index contributed by atoms with van der Waals surface area (Å²) in [6.07, 6.45) is 0.663. The second-order valence-electron chi connectivity index (χ2n) is 7.32. The van der Waals surface area contributed by atoms with Crippen LogP contribution in [-0.4, -0.2) is 69.8 Å². The number of nitrogens with zero attached hydrogens (tertiary/aromatic N) is 2. The number of ether oxygens (including phenoxy) is 1. The first-order valence-electron chi connectivity index (χ1n) is 10.0. The van der Waals surface area contributed by atoms with Gasteiger partial charge in [-0.05, 0) is 23.1 Å². The van der Waals surface area contributed by atoms with Crippen LogP contribution >= 0.6 is 0 Å². The third-order valence-corrected chi connectivity index (χ3v) is 4.86. The molecule has 3 aromatic rings. The molecule has 2 atom stereocenters. The Balaban J connectivity index is 1.46. The van der Waals surface area contributed by atoms with Gasteiger partial charge >= 0.3 is 0 Å². The lowest BCUT2D eigenvalue weighted by Crippen LogP contribution is -2.42. The number of rotatable bonds is 12. The Kier molecular flexibility index (Phi) is 8.22. The monoisotopic (exact) mass is 398 g/mol. The van der Waals surface area contributed by atoms with E-state index in [2.05, 4.69) is 0 Å². The fourth-order valence-electron chi connectivity index (χ4n) is 3.52. The van der Waals surface area contributed by atoms with E-state index in [1.54, 1.807) is 0 Å². The van der Waals surface area contributed by atoms with Crippen molar-refractivity contribution in [3.63, 3.8) is 0 Å². The molecule has 1 heterocycles. The van der Waals surface area contributed by atoms with Crippen LogP contribution in [0.4, 0.5) is 0 Å². The summed E-state index contributed by atoms with van der Waals surface area (Å²) >= 11 is 0. The molecule has 6 nitrogen and oxygen atoms in total. The summed E-state index contributed by atoms with van der Waals surface area (Å²) in [5, 5.41) is 31.3. The van der Waals surface area contributed by atoms with Crippen LogP contribution in [0.3, 0.4) is 0 Å². The molecule has 2 aromatic carbocycles. The van der Waals surface area contributed by atoms with E-state index in [1.165, 1.54) is 0 Å². The molecule has 1 aromatic heterocycles. The van der Waals surface area contributed by atoms with E-state index in [-0.39, 0.29) is 13.2 Å². The molecule has 0 fully saturated rings. The number of aromatic nitrogens is 1. The molecule has 0 aliphatic heterocycles. The zero-order valence-electron chi connectivity index (χ0n) is 16.6. The molecule has 0 spiro atoms. The Hall–Kier alpha value is -2.22. The van der Waals surface area contributed by atoms with Crippen molar-refractivity contribution in [2.24, 2.45) is 0 Å². The van der Waals surface area contributed by atoms with Gasteiger partial charge < -0.3 is 24.6 Å². The van der Waals surface area contributed by atoms with Crippen molar-refractivity contribution in [2.45, 2.75) is 25.4 Å². The van der Waals surface area contributed by atoms with Crippen molar-refractivity contribution in [3.05, 3.63) is 72.4 Å². The van der Waals surface area contributed by atoms with Crippen LogP contribution in [0.15, 0.2) is 66.9 Å². The van der Waals surface area contributed by atoms with Crippen LogP contribution in [0.5, 0.6) is 0 Å². The van der Waals surface area contributed by atoms with Crippen molar-refractivity contribution in [1.82, 2.24) is 9.47 Å². The van der Waals surface area contributed by atoms with Crippen molar-refractivity contribution >= 4 is 10.9 Å². The average molecular weight is 399 g/mol. The average Bonchev–Trinajstić information content (AvgIpc) is 3.12. The molecule has 0 aliphatic rings. The maximum absolute atomic E-state index is 10.6. The number of aliphatic hydroxyl groups is 3. The lowest BCUT2D eigenvalue weighted by Gasteiger charge is -2.27. The molecule has 3 rings (SSSR count). The van der Waals surface area contributed by atoms with Gasteiger partial charge in [-0.3, -0.25) is 4.90 Å². The number of aliphatic hydroxyl groups excluding tert-OH is 3. The maximum Gasteiger partial charge on any atom is 0.0900 e. The van der Waals surface area contributed by atoms with E-state index in [0.717, 1.165) is 16.5 Å². The summed E-state index contributed by atoms with van der Waals surface area (Å²) in [5.74, 6) is 0. The minimum absolute atomic E-state index is 0.0310. The third kappa shape index (κ3) is 6.66. The normalized spacial score (nSPS) is 13.8. The lowest BCUT2D eigenvalue weighted by molar-refractivity contribution is -0.00208. The molecule has 0 saturated heterocycles. The zero-order valence-corrected chi connectivity index (χ0v) is 16.6. The summed E-state index contributed by atoms with van der Waals surface area (Å²) in [4.78, 5) is 1.87. The molecule has 0 bridgehead atoms. The fraction of sp³-hybridized carbons (Fsp3) is 0.391. The Bertz CT molecular complexity index is 852. The van der Waals surface area contributed by atoms with Crippen molar-refractivity contribution in [2.75, 3.05) is 32.8 Å². The van der Waals surface area contributed by atoms with Crippen LogP contribution < -0.4 is 0 Å². The van der Waals surface area contributed by atoms with Gasteiger partial charge in [-0.1, -0.05) is 48.5 Å². The molecule has 0 saturated carbocycles. The highest BCUT2D eigenvalue weighted by molar-refractivity contribution is 5.79. The topological polar surface area (TPSA) is 78.1 Å². The number of hydrogen-bond acceptors (Lipinski definition) is 5. The SMILES string of the molecule is OCCN(CC(O)COCc1ccccc1)CC(O)Cn1ccc2ccccc21. The van der Waals surface area contributed by atoms with E-state index in [1.807, 2.05) is 76.3 Å². The Labute approximate surface area is 171 Å². The smallest absolute Gasteiger partial charge is 0.0900 e. The van der Waals surface area contributed by atoms with Gasteiger partial charge in [0.25, 0.3) is 0 Å². The Morgan fingerprint density at radius 2 is 1.62 bits per heavy atom. The van der Waals surface area contributed by atoms with E-state index in [9.17, 15) is 15.3 Å². The van der Waals surface area contributed by atoms with Gasteiger partial charge in [0.15, 0.2) is 0 Å². The highest BCUT2D eigenvalue weighted by Crippen LogP contribution is 2.15. The molecule has 3 N–H and O–H groups in total. The third-order valence-electron chi connectivity index (χ3n) is 4.86. The minimum atomic E-state index is -0.690. The van der Waals surface area contributed by atoms with Crippen LogP contribution in [0.1, 0.15) is 5.56 Å². The standard InChI is InChI=1S/C23H30N2O4/c26-13-12-24(15-22(28)18-29-17-19-6-2-1-3-7-19)14-21(27)16-25-11-10-20-8-4-5-9-23(20)25/h1-11,21-22,26-28H,12-18H2. The van der Waals surface area contributed by atoms with E-state index in [0.29, 0.717) is 32.8 Å². The second-order valence-corrected chi connectivity index (χ2v) is 7.32. The number of benzene rings is 2. The predicted molar refractivity (Wildman–Crippen MR) is 114 cm³/mol. The van der Waals surface area contributed by atoms with E-state index in [4.69, 9.17) is 4.74 Å². The molecule has 156 valence electrons. The summed E-state index contributed by atoms with van der Waals surface area (Å²) in [6, 6.07) is 19.9. The number of hydrogen-bond donors (Lipinski definition) is 3. The van der Waals surface area contributed by atoms with Gasteiger partial charge in [0.2, 0.25) is 0 Å². The first-order chi connectivity index (χ1) is 14.2. The lowest BCUT2D eigenvalue weighted by atomic mass is 10.2. The van der Waals surface area contributed by atoms with Crippen molar-refractivity contribution in [1.29, 1.82) is 0 Å². The largest absolute Gasteiger partial charge is 0.395 e. The first-order valence-corrected chi connectivity index (χ1v) is 10.0. The van der Waals surface area contributed by atoms with Gasteiger partial charge in [-0.25, -0.2) is 0 Å². The summed E-state index contributed by atoms with van der Waals surface area (Å²) in [5.41, 5.74) is 2.14. The second kappa shape index (κ2) is 11.1. The first kappa shape index (κ1) is 21.5. The fourth-order valence-corrected chi connectivity index (χ4v) is 3.52. The van der Waals surface area contributed by atoms with Gasteiger partial charge in [0, 0.05) is 37.9 Å². The van der Waals surface area contributed by atoms with Gasteiger partial charge in [0.1, 0.15) is 0 Å². The van der Waals surface area contributed by atoms with Crippen molar-refractivity contribution < 1.29 is 20.1 Å². The Morgan fingerprint density at radius 3 is 2.41 bits per heavy atom. The predicted octanol–water partition coefficient (Wildman–Crippen LogP) is 1.87. The maximum atomic E-state index is 10.6. The molecule has 6 heteroatoms. The number of para-hydroxylation sites is 1. The molecule has 0 radical (unpaired) electrons. The van der Waals surface area contributed by atoms with Crippen LogP contribution in [0, 0.1) is 0 Å². The van der Waals surface area contributed by atoms with Crippen LogP contribution in [0.2, 0.25) is 0 Å². The summed E-state index contributed by atoms with van der Waals surface area (Å²) < 4.78 is 7.62. The molecular formula is C23H30N2O4.